The van der Waals surface area contributed by atoms with E-state index in [1.165, 1.54) is 6.20 Å². The Morgan fingerprint density at radius 1 is 1.24 bits per heavy atom. The molecule has 0 aliphatic carbocycles. The van der Waals surface area contributed by atoms with Crippen molar-refractivity contribution in [2.75, 3.05) is 0 Å². The van der Waals surface area contributed by atoms with E-state index in [9.17, 15) is 9.59 Å². The maximum absolute atomic E-state index is 12.1. The number of carbonyl (C=O) groups excluding carboxylic acids is 1. The van der Waals surface area contributed by atoms with Crippen LogP contribution < -0.4 is 5.32 Å². The lowest BCUT2D eigenvalue weighted by atomic mass is 10.0. The van der Waals surface area contributed by atoms with Gasteiger partial charge in [-0.15, -0.1) is 0 Å². The van der Waals surface area contributed by atoms with Crippen LogP contribution in [0.1, 0.15) is 30.8 Å². The molecule has 21 heavy (non-hydrogen) atoms. The predicted molar refractivity (Wildman–Crippen MR) is 77.9 cm³/mol. The third-order valence-corrected chi connectivity index (χ3v) is 2.99. The number of rotatable bonds is 5. The second-order valence-electron chi connectivity index (χ2n) is 5.24. The van der Waals surface area contributed by atoms with E-state index in [-0.39, 0.29) is 11.6 Å². The molecule has 1 aromatic heterocycles. The summed E-state index contributed by atoms with van der Waals surface area (Å²) in [5, 5.41) is 11.6. The van der Waals surface area contributed by atoms with Crippen molar-refractivity contribution in [3.8, 4) is 0 Å². The summed E-state index contributed by atoms with van der Waals surface area (Å²) in [6.07, 6.45) is 1.72. The number of nitrogens with one attached hydrogen (secondary N) is 1. The molecular weight excluding hydrogens is 270 g/mol. The Morgan fingerprint density at radius 2 is 1.90 bits per heavy atom. The molecule has 2 N–H and O–H groups in total. The Balaban J connectivity index is 2.19. The second-order valence-corrected chi connectivity index (χ2v) is 5.24. The minimum Gasteiger partial charge on any atom is -0.480 e. The number of amides is 1. The number of carboxylic acid groups (broad SMARTS) is 1. The van der Waals surface area contributed by atoms with Gasteiger partial charge in [0.1, 0.15) is 11.7 Å². The normalized spacial score (nSPS) is 12.3. The summed E-state index contributed by atoms with van der Waals surface area (Å²) in [6.45, 7) is 3.80. The zero-order chi connectivity index (χ0) is 15.4. The molecule has 1 amide bonds. The molecule has 0 spiro atoms. The van der Waals surface area contributed by atoms with E-state index >= 15 is 0 Å². The van der Waals surface area contributed by atoms with Crippen molar-refractivity contribution in [3.63, 3.8) is 0 Å². The van der Waals surface area contributed by atoms with Gasteiger partial charge in [-0.3, -0.25) is 9.78 Å². The molecule has 1 unspecified atom stereocenters. The second kappa shape index (κ2) is 6.30. The fraction of sp³-hybridized carbons (Fsp3) is 0.333. The summed E-state index contributed by atoms with van der Waals surface area (Å²) in [4.78, 5) is 31.6. The number of fused-ring (bicyclic) bond motifs is 1. The van der Waals surface area contributed by atoms with Crippen molar-refractivity contribution in [2.45, 2.75) is 26.3 Å². The first-order valence-electron chi connectivity index (χ1n) is 6.73. The zero-order valence-electron chi connectivity index (χ0n) is 11.9. The van der Waals surface area contributed by atoms with Crippen molar-refractivity contribution in [2.24, 2.45) is 5.92 Å². The highest BCUT2D eigenvalue weighted by atomic mass is 16.4. The largest absolute Gasteiger partial charge is 0.480 e. The van der Waals surface area contributed by atoms with Crippen molar-refractivity contribution in [1.82, 2.24) is 15.3 Å². The van der Waals surface area contributed by atoms with Crippen LogP contribution in [0.2, 0.25) is 0 Å². The summed E-state index contributed by atoms with van der Waals surface area (Å²) < 4.78 is 0. The molecule has 0 saturated heterocycles. The van der Waals surface area contributed by atoms with Gasteiger partial charge < -0.3 is 10.4 Å². The monoisotopic (exact) mass is 287 g/mol. The summed E-state index contributed by atoms with van der Waals surface area (Å²) >= 11 is 0. The van der Waals surface area contributed by atoms with E-state index in [0.29, 0.717) is 17.5 Å². The fourth-order valence-corrected chi connectivity index (χ4v) is 1.99. The number of carboxylic acids is 1. The predicted octanol–water partition coefficient (Wildman–Crippen LogP) is 1.86. The Morgan fingerprint density at radius 3 is 2.52 bits per heavy atom. The third-order valence-electron chi connectivity index (χ3n) is 2.99. The number of carbonyl (C=O) groups is 2. The third kappa shape index (κ3) is 3.75. The smallest absolute Gasteiger partial charge is 0.326 e. The van der Waals surface area contributed by atoms with Gasteiger partial charge in [-0.1, -0.05) is 26.0 Å². The van der Waals surface area contributed by atoms with E-state index in [2.05, 4.69) is 15.3 Å². The summed E-state index contributed by atoms with van der Waals surface area (Å²) in [7, 11) is 0. The topological polar surface area (TPSA) is 92.2 Å². The molecular formula is C15H17N3O3. The molecule has 1 aromatic carbocycles. The number of hydrogen-bond acceptors (Lipinski definition) is 4. The molecule has 0 fully saturated rings. The SMILES string of the molecule is CC(C)CC(NC(=O)c1cnc2ccccc2n1)C(=O)O. The average molecular weight is 287 g/mol. The minimum absolute atomic E-state index is 0.115. The van der Waals surface area contributed by atoms with E-state index in [1.807, 2.05) is 19.9 Å². The lowest BCUT2D eigenvalue weighted by Gasteiger charge is -2.16. The number of aromatic nitrogens is 2. The molecule has 2 rings (SSSR count). The maximum atomic E-state index is 12.1. The van der Waals surface area contributed by atoms with E-state index < -0.39 is 17.9 Å². The fourth-order valence-electron chi connectivity index (χ4n) is 1.99. The lowest BCUT2D eigenvalue weighted by molar-refractivity contribution is -0.139. The van der Waals surface area contributed by atoms with Gasteiger partial charge in [-0.2, -0.15) is 0 Å². The van der Waals surface area contributed by atoms with Gasteiger partial charge in [0, 0.05) is 0 Å². The van der Waals surface area contributed by atoms with Crippen LogP contribution in [0.25, 0.3) is 11.0 Å². The maximum Gasteiger partial charge on any atom is 0.326 e. The Labute approximate surface area is 122 Å². The Kier molecular flexibility index (Phi) is 4.47. The number of hydrogen-bond donors (Lipinski definition) is 2. The van der Waals surface area contributed by atoms with Gasteiger partial charge in [0.25, 0.3) is 5.91 Å². The molecule has 0 radical (unpaired) electrons. The summed E-state index contributed by atoms with van der Waals surface area (Å²) in [6, 6.07) is 6.26. The van der Waals surface area contributed by atoms with Crippen molar-refractivity contribution in [1.29, 1.82) is 0 Å². The molecule has 1 atom stereocenters. The van der Waals surface area contributed by atoms with Crippen molar-refractivity contribution < 1.29 is 14.7 Å². The van der Waals surface area contributed by atoms with Crippen molar-refractivity contribution in [3.05, 3.63) is 36.2 Å². The van der Waals surface area contributed by atoms with Crippen LogP contribution in [-0.4, -0.2) is 33.0 Å². The number of para-hydroxylation sites is 2. The highest BCUT2D eigenvalue weighted by Gasteiger charge is 2.22. The molecule has 2 aromatic rings. The summed E-state index contributed by atoms with van der Waals surface area (Å²) in [5.74, 6) is -1.42. The first-order valence-corrected chi connectivity index (χ1v) is 6.73. The van der Waals surface area contributed by atoms with Gasteiger partial charge in [-0.25, -0.2) is 9.78 Å². The standard InChI is InChI=1S/C15H17N3O3/c1-9(2)7-12(15(20)21)18-14(19)13-8-16-10-5-3-4-6-11(10)17-13/h3-6,8-9,12H,7H2,1-2H3,(H,18,19)(H,20,21). The van der Waals surface area contributed by atoms with Gasteiger partial charge in [-0.05, 0) is 24.5 Å². The molecule has 0 bridgehead atoms. The number of nitrogens with zero attached hydrogens (tertiary/aromatic N) is 2. The first kappa shape index (κ1) is 14.9. The number of aliphatic carboxylic acids is 1. The highest BCUT2D eigenvalue weighted by molar-refractivity contribution is 5.96. The van der Waals surface area contributed by atoms with Gasteiger partial charge in [0.2, 0.25) is 0 Å². The molecule has 110 valence electrons. The van der Waals surface area contributed by atoms with Gasteiger partial charge in [0.15, 0.2) is 0 Å². The van der Waals surface area contributed by atoms with E-state index in [0.717, 1.165) is 0 Å². The molecule has 0 saturated carbocycles. The van der Waals surface area contributed by atoms with Gasteiger partial charge in [0.05, 0.1) is 17.2 Å². The molecule has 6 nitrogen and oxygen atoms in total. The van der Waals surface area contributed by atoms with Crippen LogP contribution in [0.5, 0.6) is 0 Å². The van der Waals surface area contributed by atoms with Crippen LogP contribution in [0.15, 0.2) is 30.5 Å². The van der Waals surface area contributed by atoms with Crippen molar-refractivity contribution >= 4 is 22.9 Å². The molecule has 6 heteroatoms. The van der Waals surface area contributed by atoms with Crippen LogP contribution in [-0.2, 0) is 4.79 Å². The Hall–Kier alpha value is -2.50. The summed E-state index contributed by atoms with van der Waals surface area (Å²) in [5.41, 5.74) is 1.40. The Bertz CT molecular complexity index is 670. The van der Waals surface area contributed by atoms with Crippen LogP contribution in [0.3, 0.4) is 0 Å². The van der Waals surface area contributed by atoms with Crippen LogP contribution >= 0.6 is 0 Å². The average Bonchev–Trinajstić information content (AvgIpc) is 2.45. The lowest BCUT2D eigenvalue weighted by Crippen LogP contribution is -2.42. The zero-order valence-corrected chi connectivity index (χ0v) is 11.9. The highest BCUT2D eigenvalue weighted by Crippen LogP contribution is 2.10. The quantitative estimate of drug-likeness (QED) is 0.875. The molecule has 1 heterocycles. The van der Waals surface area contributed by atoms with E-state index in [4.69, 9.17) is 5.11 Å². The van der Waals surface area contributed by atoms with E-state index in [1.54, 1.807) is 18.2 Å². The number of benzene rings is 1. The van der Waals surface area contributed by atoms with Crippen LogP contribution in [0, 0.1) is 5.92 Å². The molecule has 0 aliphatic rings. The van der Waals surface area contributed by atoms with Crippen LogP contribution in [0.4, 0.5) is 0 Å². The minimum atomic E-state index is -1.05. The first-order chi connectivity index (χ1) is 9.97. The van der Waals surface area contributed by atoms with Gasteiger partial charge >= 0.3 is 5.97 Å². The molecule has 0 aliphatic heterocycles.